The fourth-order valence-corrected chi connectivity index (χ4v) is 3.41. The molecule has 0 spiro atoms. The summed E-state index contributed by atoms with van der Waals surface area (Å²) >= 11 is 0. The van der Waals surface area contributed by atoms with Crippen molar-refractivity contribution in [1.29, 1.82) is 0 Å². The summed E-state index contributed by atoms with van der Waals surface area (Å²) in [5, 5.41) is 12.2. The Morgan fingerprint density at radius 2 is 1.96 bits per heavy atom. The quantitative estimate of drug-likeness (QED) is 0.758. The molecule has 0 unspecified atom stereocenters. The number of nitrogens with zero attached hydrogens (tertiary/aromatic N) is 4. The molecule has 2 saturated heterocycles. The van der Waals surface area contributed by atoms with Gasteiger partial charge in [-0.3, -0.25) is 0 Å². The van der Waals surface area contributed by atoms with E-state index in [9.17, 15) is 0 Å². The lowest BCUT2D eigenvalue weighted by atomic mass is 10.1. The Labute approximate surface area is 131 Å². The van der Waals surface area contributed by atoms with E-state index in [4.69, 9.17) is 18.9 Å². The molecule has 0 radical (unpaired) electrons. The summed E-state index contributed by atoms with van der Waals surface area (Å²) in [6.07, 6.45) is -0.0532. The van der Waals surface area contributed by atoms with Crippen LogP contribution in [0.2, 0.25) is 0 Å². The number of tetrazole rings is 1. The maximum atomic E-state index is 5.84. The smallest absolute Gasteiger partial charge is 0.231 e. The van der Waals surface area contributed by atoms with Crippen LogP contribution in [0.3, 0.4) is 0 Å². The number of hydrogen-bond donors (Lipinski definition) is 1. The average Bonchev–Trinajstić information content (AvgIpc) is 3.32. The lowest BCUT2D eigenvalue weighted by molar-refractivity contribution is -0.430. The summed E-state index contributed by atoms with van der Waals surface area (Å²) < 4.78 is 24.2. The van der Waals surface area contributed by atoms with Crippen molar-refractivity contribution in [3.8, 4) is 22.9 Å². The van der Waals surface area contributed by atoms with Crippen LogP contribution in [0, 0.1) is 0 Å². The highest BCUT2D eigenvalue weighted by Gasteiger charge is 2.50. The highest BCUT2D eigenvalue weighted by atomic mass is 16.7. The molecule has 1 aromatic heterocycles. The van der Waals surface area contributed by atoms with Gasteiger partial charge in [0.15, 0.2) is 17.3 Å². The van der Waals surface area contributed by atoms with Crippen LogP contribution in [-0.4, -0.2) is 58.5 Å². The van der Waals surface area contributed by atoms with Gasteiger partial charge in [0.05, 0.1) is 6.61 Å². The first-order valence-corrected chi connectivity index (χ1v) is 7.55. The highest BCUT2D eigenvalue weighted by molar-refractivity contribution is 5.61. The summed E-state index contributed by atoms with van der Waals surface area (Å²) in [6.45, 7) is 1.36. The van der Waals surface area contributed by atoms with E-state index in [0.29, 0.717) is 24.8 Å². The first kappa shape index (κ1) is 13.2. The van der Waals surface area contributed by atoms with E-state index in [1.165, 1.54) is 0 Å². The molecule has 4 heterocycles. The van der Waals surface area contributed by atoms with Crippen molar-refractivity contribution in [3.05, 3.63) is 18.2 Å². The summed E-state index contributed by atoms with van der Waals surface area (Å²) in [6, 6.07) is 5.76. The summed E-state index contributed by atoms with van der Waals surface area (Å²) in [5.74, 6) is 2.09. The predicted octanol–water partition coefficient (Wildman–Crippen LogP) is -0.982. The van der Waals surface area contributed by atoms with Crippen LogP contribution in [0.1, 0.15) is 6.04 Å². The second-order valence-corrected chi connectivity index (χ2v) is 5.94. The maximum Gasteiger partial charge on any atom is 0.231 e. The van der Waals surface area contributed by atoms with E-state index < -0.39 is 0 Å². The maximum absolute atomic E-state index is 5.84. The van der Waals surface area contributed by atoms with Crippen LogP contribution in [-0.2, 0) is 9.47 Å². The van der Waals surface area contributed by atoms with Gasteiger partial charge in [-0.15, -0.1) is 5.10 Å². The molecule has 2 aromatic rings. The topological polar surface area (TPSA) is 108 Å². The number of aromatic nitrogens is 4. The molecule has 0 amide bonds. The van der Waals surface area contributed by atoms with Crippen molar-refractivity contribution in [2.75, 3.05) is 20.0 Å². The van der Waals surface area contributed by atoms with Gasteiger partial charge >= 0.3 is 0 Å². The largest absolute Gasteiger partial charge is 0.454 e. The summed E-state index contributed by atoms with van der Waals surface area (Å²) in [5.41, 5.74) is 4.94. The highest BCUT2D eigenvalue weighted by Crippen LogP contribution is 2.38. The Morgan fingerprint density at radius 3 is 2.91 bits per heavy atom. The van der Waals surface area contributed by atoms with E-state index in [-0.39, 0.29) is 31.1 Å². The number of benzene rings is 1. The minimum atomic E-state index is -0.0613. The number of hydrogen-bond acceptors (Lipinski definition) is 7. The zero-order valence-corrected chi connectivity index (χ0v) is 12.3. The molecule has 3 aliphatic heterocycles. The SMILES string of the molecule is [NH3+][C@H]1CO[C@H]2[C@@H]1OC[C@@H]2n1nnnc1-c1ccc2c(c1)OCO2. The molecule has 0 aliphatic carbocycles. The number of quaternary nitrogens is 1. The van der Waals surface area contributed by atoms with Crippen LogP contribution in [0.4, 0.5) is 0 Å². The average molecular weight is 318 g/mol. The van der Waals surface area contributed by atoms with Crippen LogP contribution < -0.4 is 15.2 Å². The molecule has 9 nitrogen and oxygen atoms in total. The third-order valence-corrected chi connectivity index (χ3v) is 4.57. The molecule has 23 heavy (non-hydrogen) atoms. The first-order chi connectivity index (χ1) is 11.3. The Hall–Kier alpha value is -2.23. The molecule has 120 valence electrons. The van der Waals surface area contributed by atoms with Crippen LogP contribution in [0.15, 0.2) is 18.2 Å². The normalized spacial score (nSPS) is 31.5. The molecule has 1 aromatic carbocycles. The fourth-order valence-electron chi connectivity index (χ4n) is 3.41. The van der Waals surface area contributed by atoms with Gasteiger partial charge in [-0.2, -0.15) is 0 Å². The van der Waals surface area contributed by atoms with Crippen molar-refractivity contribution in [3.63, 3.8) is 0 Å². The third kappa shape index (κ3) is 1.94. The van der Waals surface area contributed by atoms with Gasteiger partial charge in [-0.1, -0.05) is 0 Å². The molecular formula is C14H16N5O4+. The molecule has 0 bridgehead atoms. The van der Waals surface area contributed by atoms with E-state index in [1.807, 2.05) is 18.2 Å². The minimum Gasteiger partial charge on any atom is -0.454 e. The summed E-state index contributed by atoms with van der Waals surface area (Å²) in [7, 11) is 0. The molecule has 5 rings (SSSR count). The molecule has 2 fully saturated rings. The van der Waals surface area contributed by atoms with Crippen molar-refractivity contribution < 1.29 is 24.7 Å². The van der Waals surface area contributed by atoms with E-state index in [1.54, 1.807) is 4.68 Å². The Balaban J connectivity index is 1.51. The Morgan fingerprint density at radius 1 is 1.09 bits per heavy atom. The first-order valence-electron chi connectivity index (χ1n) is 7.55. The van der Waals surface area contributed by atoms with Crippen LogP contribution >= 0.6 is 0 Å². The zero-order chi connectivity index (χ0) is 15.4. The number of ether oxygens (including phenoxy) is 4. The Kier molecular flexibility index (Phi) is 2.81. The van der Waals surface area contributed by atoms with Gasteiger partial charge in [-0.05, 0) is 28.6 Å². The van der Waals surface area contributed by atoms with Crippen molar-refractivity contribution >= 4 is 0 Å². The molecule has 3 aliphatic rings. The number of rotatable bonds is 2. The van der Waals surface area contributed by atoms with Gasteiger partial charge in [0.1, 0.15) is 30.9 Å². The molecule has 9 heteroatoms. The predicted molar refractivity (Wildman–Crippen MR) is 74.6 cm³/mol. The van der Waals surface area contributed by atoms with Gasteiger partial charge in [0.2, 0.25) is 6.79 Å². The molecule has 0 saturated carbocycles. The zero-order valence-electron chi connectivity index (χ0n) is 12.3. The molecular weight excluding hydrogens is 302 g/mol. The van der Waals surface area contributed by atoms with Gasteiger partial charge < -0.3 is 24.7 Å². The van der Waals surface area contributed by atoms with Crippen LogP contribution in [0.25, 0.3) is 11.4 Å². The van der Waals surface area contributed by atoms with Crippen molar-refractivity contribution in [2.45, 2.75) is 24.3 Å². The standard InChI is InChI=1S/C14H15N5O4/c15-8-4-20-13-9(5-21-12(8)13)19-14(16-17-18-19)7-1-2-10-11(3-7)23-6-22-10/h1-3,8-9,12-13H,4-6,15H2/p+1/t8-,9-,12+,13+/m0/s1. The summed E-state index contributed by atoms with van der Waals surface area (Å²) in [4.78, 5) is 0. The third-order valence-electron chi connectivity index (χ3n) is 4.57. The number of fused-ring (bicyclic) bond motifs is 2. The molecule has 3 N–H and O–H groups in total. The second kappa shape index (κ2) is 4.88. The van der Waals surface area contributed by atoms with Crippen LogP contribution in [0.5, 0.6) is 11.5 Å². The van der Waals surface area contributed by atoms with Gasteiger partial charge in [-0.25, -0.2) is 4.68 Å². The van der Waals surface area contributed by atoms with Gasteiger partial charge in [0, 0.05) is 5.56 Å². The minimum absolute atomic E-state index is 0.00815. The van der Waals surface area contributed by atoms with Crippen molar-refractivity contribution in [2.24, 2.45) is 0 Å². The van der Waals surface area contributed by atoms with E-state index >= 15 is 0 Å². The lowest BCUT2D eigenvalue weighted by Gasteiger charge is -2.16. The second-order valence-electron chi connectivity index (χ2n) is 5.94. The fraction of sp³-hybridized carbons (Fsp3) is 0.500. The van der Waals surface area contributed by atoms with Gasteiger partial charge in [0.25, 0.3) is 0 Å². The lowest BCUT2D eigenvalue weighted by Crippen LogP contribution is -2.66. The monoisotopic (exact) mass is 318 g/mol. The molecule has 4 atom stereocenters. The van der Waals surface area contributed by atoms with E-state index in [0.717, 1.165) is 11.3 Å². The Bertz CT molecular complexity index is 751. The van der Waals surface area contributed by atoms with E-state index in [2.05, 4.69) is 21.3 Å². The van der Waals surface area contributed by atoms with Crippen molar-refractivity contribution in [1.82, 2.24) is 20.2 Å².